The van der Waals surface area contributed by atoms with Crippen LogP contribution in [0.25, 0.3) is 0 Å². The van der Waals surface area contributed by atoms with E-state index in [4.69, 9.17) is 18.9 Å². The Bertz CT molecular complexity index is 424. The molecule has 2 rings (SSSR count). The molecule has 22 heavy (non-hydrogen) atoms. The zero-order valence-electron chi connectivity index (χ0n) is 13.7. The molecular weight excluding hydrogens is 290 g/mol. The average molecular weight is 315 g/mol. The van der Waals surface area contributed by atoms with Crippen molar-refractivity contribution in [3.05, 3.63) is 0 Å². The normalized spacial score (nSPS) is 24.4. The van der Waals surface area contributed by atoms with E-state index < -0.39 is 29.7 Å². The summed E-state index contributed by atoms with van der Waals surface area (Å²) in [6.45, 7) is 8.46. The molecule has 2 aliphatic rings. The van der Waals surface area contributed by atoms with E-state index in [1.807, 2.05) is 6.92 Å². The minimum absolute atomic E-state index is 0.390. The van der Waals surface area contributed by atoms with Crippen LogP contribution in [0.1, 0.15) is 47.0 Å². The molecule has 7 nitrogen and oxygen atoms in total. The van der Waals surface area contributed by atoms with Crippen molar-refractivity contribution in [3.63, 3.8) is 0 Å². The van der Waals surface area contributed by atoms with E-state index in [0.717, 1.165) is 6.42 Å². The summed E-state index contributed by atoms with van der Waals surface area (Å²) in [6, 6.07) is -0.647. The van der Waals surface area contributed by atoms with Crippen molar-refractivity contribution in [1.29, 1.82) is 0 Å². The molecule has 1 atom stereocenters. The van der Waals surface area contributed by atoms with Gasteiger partial charge in [0.2, 0.25) is 0 Å². The molecular formula is C15H25NO6. The fraction of sp³-hybridized carbons (Fsp3) is 0.867. The average Bonchev–Trinajstić information content (AvgIpc) is 3.05. The lowest BCUT2D eigenvalue weighted by atomic mass is 10.2. The second-order valence-electron chi connectivity index (χ2n) is 6.49. The van der Waals surface area contributed by atoms with Gasteiger partial charge >= 0.3 is 18.0 Å². The minimum atomic E-state index is -1.31. The lowest BCUT2D eigenvalue weighted by Gasteiger charge is -2.30. The van der Waals surface area contributed by atoms with Crippen molar-refractivity contribution >= 4 is 12.1 Å². The SMILES string of the molecule is CCC1(OC(=O)C2CCCN2C(=O)OC(C)(C)C)OCCO1. The number of nitrogens with zero attached hydrogens (tertiary/aromatic N) is 1. The molecule has 0 aromatic rings. The summed E-state index contributed by atoms with van der Waals surface area (Å²) >= 11 is 0. The van der Waals surface area contributed by atoms with Crippen LogP contribution in [0, 0.1) is 0 Å². The fourth-order valence-electron chi connectivity index (χ4n) is 2.54. The van der Waals surface area contributed by atoms with Crippen molar-refractivity contribution in [2.45, 2.75) is 64.6 Å². The van der Waals surface area contributed by atoms with Crippen LogP contribution >= 0.6 is 0 Å². The number of carbonyl (C=O) groups is 2. The standard InChI is InChI=1S/C15H25NO6/c1-5-15(19-9-10-20-15)21-12(17)11-7-6-8-16(11)13(18)22-14(2,3)4/h11H,5-10H2,1-4H3. The maximum Gasteiger partial charge on any atom is 0.411 e. The molecule has 1 unspecified atom stereocenters. The lowest BCUT2D eigenvalue weighted by molar-refractivity contribution is -0.315. The van der Waals surface area contributed by atoms with Gasteiger partial charge in [0.05, 0.1) is 13.2 Å². The van der Waals surface area contributed by atoms with Gasteiger partial charge in [0.25, 0.3) is 0 Å². The molecule has 2 saturated heterocycles. The van der Waals surface area contributed by atoms with Crippen LogP contribution in [-0.4, -0.2) is 54.3 Å². The van der Waals surface area contributed by atoms with Gasteiger partial charge in [-0.1, -0.05) is 6.92 Å². The Morgan fingerprint density at radius 2 is 1.91 bits per heavy atom. The quantitative estimate of drug-likeness (QED) is 0.742. The van der Waals surface area contributed by atoms with Crippen LogP contribution < -0.4 is 0 Å². The van der Waals surface area contributed by atoms with Gasteiger partial charge in [0.15, 0.2) is 0 Å². The highest BCUT2D eigenvalue weighted by molar-refractivity contribution is 5.82. The predicted molar refractivity (Wildman–Crippen MR) is 77.0 cm³/mol. The highest BCUT2D eigenvalue weighted by Gasteiger charge is 2.44. The molecule has 0 aliphatic carbocycles. The van der Waals surface area contributed by atoms with E-state index in [1.165, 1.54) is 4.90 Å². The summed E-state index contributed by atoms with van der Waals surface area (Å²) in [4.78, 5) is 26.0. The van der Waals surface area contributed by atoms with Crippen LogP contribution in [0.15, 0.2) is 0 Å². The zero-order chi connectivity index (χ0) is 16.4. The van der Waals surface area contributed by atoms with E-state index in [9.17, 15) is 9.59 Å². The molecule has 1 amide bonds. The van der Waals surface area contributed by atoms with Gasteiger partial charge in [0.1, 0.15) is 11.6 Å². The summed E-state index contributed by atoms with van der Waals surface area (Å²) in [6.07, 6.45) is 1.20. The van der Waals surface area contributed by atoms with E-state index in [0.29, 0.717) is 32.6 Å². The highest BCUT2D eigenvalue weighted by Crippen LogP contribution is 2.28. The molecule has 2 aliphatic heterocycles. The van der Waals surface area contributed by atoms with E-state index in [-0.39, 0.29) is 0 Å². The van der Waals surface area contributed by atoms with Crippen LogP contribution in [0.5, 0.6) is 0 Å². The summed E-state index contributed by atoms with van der Waals surface area (Å²) < 4.78 is 21.5. The first-order valence-electron chi connectivity index (χ1n) is 7.77. The van der Waals surface area contributed by atoms with E-state index in [1.54, 1.807) is 20.8 Å². The van der Waals surface area contributed by atoms with Crippen LogP contribution in [0.4, 0.5) is 4.79 Å². The number of ether oxygens (including phenoxy) is 4. The van der Waals surface area contributed by atoms with Crippen molar-refractivity contribution in [3.8, 4) is 0 Å². The minimum Gasteiger partial charge on any atom is -0.444 e. The smallest absolute Gasteiger partial charge is 0.411 e. The monoisotopic (exact) mass is 315 g/mol. The summed E-state index contributed by atoms with van der Waals surface area (Å²) in [5.74, 6) is -1.81. The summed E-state index contributed by atoms with van der Waals surface area (Å²) in [5.41, 5.74) is -0.601. The Labute approximate surface area is 130 Å². The Balaban J connectivity index is 2.00. The number of hydrogen-bond donors (Lipinski definition) is 0. The van der Waals surface area contributed by atoms with Gasteiger partial charge in [-0.25, -0.2) is 9.59 Å². The molecule has 126 valence electrons. The van der Waals surface area contributed by atoms with Gasteiger partial charge in [-0.05, 0) is 33.6 Å². The molecule has 0 saturated carbocycles. The van der Waals surface area contributed by atoms with E-state index in [2.05, 4.69) is 0 Å². The Hall–Kier alpha value is -1.34. The third kappa shape index (κ3) is 3.89. The molecule has 2 fully saturated rings. The van der Waals surface area contributed by atoms with Gasteiger partial charge in [0, 0.05) is 13.0 Å². The van der Waals surface area contributed by atoms with Crippen molar-refractivity contribution < 1.29 is 28.5 Å². The molecule has 0 N–H and O–H groups in total. The fourth-order valence-corrected chi connectivity index (χ4v) is 2.54. The maximum absolute atomic E-state index is 12.4. The number of carbonyl (C=O) groups excluding carboxylic acids is 2. The number of rotatable bonds is 3. The van der Waals surface area contributed by atoms with E-state index >= 15 is 0 Å². The molecule has 0 aromatic heterocycles. The second-order valence-corrected chi connectivity index (χ2v) is 6.49. The number of esters is 1. The largest absolute Gasteiger partial charge is 0.444 e. The molecule has 0 bridgehead atoms. The van der Waals surface area contributed by atoms with Crippen molar-refractivity contribution in [2.75, 3.05) is 19.8 Å². The lowest BCUT2D eigenvalue weighted by Crippen LogP contribution is -2.47. The molecule has 0 spiro atoms. The molecule has 0 aromatic carbocycles. The van der Waals surface area contributed by atoms with Crippen LogP contribution in [0.2, 0.25) is 0 Å². The first-order valence-corrected chi connectivity index (χ1v) is 7.77. The van der Waals surface area contributed by atoms with Gasteiger partial charge in [-0.2, -0.15) is 0 Å². The van der Waals surface area contributed by atoms with Gasteiger partial charge < -0.3 is 18.9 Å². The number of amides is 1. The molecule has 0 radical (unpaired) electrons. The second kappa shape index (κ2) is 6.42. The van der Waals surface area contributed by atoms with Crippen LogP contribution in [-0.2, 0) is 23.7 Å². The number of likely N-dealkylation sites (tertiary alicyclic amines) is 1. The van der Waals surface area contributed by atoms with Crippen molar-refractivity contribution in [2.24, 2.45) is 0 Å². The summed E-state index contributed by atoms with van der Waals surface area (Å²) in [5, 5.41) is 0. The Morgan fingerprint density at radius 3 is 2.45 bits per heavy atom. The third-order valence-corrected chi connectivity index (χ3v) is 3.57. The maximum atomic E-state index is 12.4. The Morgan fingerprint density at radius 1 is 1.27 bits per heavy atom. The number of hydrogen-bond acceptors (Lipinski definition) is 6. The van der Waals surface area contributed by atoms with Crippen LogP contribution in [0.3, 0.4) is 0 Å². The highest BCUT2D eigenvalue weighted by atomic mass is 16.9. The first kappa shape index (κ1) is 17.0. The van der Waals surface area contributed by atoms with Gasteiger partial charge in [-0.3, -0.25) is 4.90 Å². The molecule has 2 heterocycles. The first-order chi connectivity index (χ1) is 10.3. The molecule has 7 heteroatoms. The predicted octanol–water partition coefficient (Wildman–Crippen LogP) is 2.04. The van der Waals surface area contributed by atoms with Crippen molar-refractivity contribution in [1.82, 2.24) is 4.90 Å². The Kier molecular flexibility index (Phi) is 4.97. The van der Waals surface area contributed by atoms with Gasteiger partial charge in [-0.15, -0.1) is 0 Å². The topological polar surface area (TPSA) is 74.3 Å². The zero-order valence-corrected chi connectivity index (χ0v) is 13.7. The summed E-state index contributed by atoms with van der Waals surface area (Å²) in [7, 11) is 0. The third-order valence-electron chi connectivity index (χ3n) is 3.57.